The van der Waals surface area contributed by atoms with Gasteiger partial charge in [-0.25, -0.2) is 4.79 Å². The monoisotopic (exact) mass is 345 g/mol. The van der Waals surface area contributed by atoms with Crippen LogP contribution in [0.3, 0.4) is 0 Å². The van der Waals surface area contributed by atoms with Crippen LogP contribution in [0.15, 0.2) is 52.2 Å². The lowest BCUT2D eigenvalue weighted by atomic mass is 9.94. The molecule has 0 bridgehead atoms. The van der Waals surface area contributed by atoms with Gasteiger partial charge >= 0.3 is 11.7 Å². The topological polar surface area (TPSA) is 110 Å². The predicted octanol–water partition coefficient (Wildman–Crippen LogP) is 0.203. The lowest BCUT2D eigenvalue weighted by Crippen LogP contribution is -2.40. The molecule has 8 nitrogen and oxygen atoms in total. The molecule has 25 heavy (non-hydrogen) atoms. The molecule has 0 saturated carbocycles. The molecule has 0 aliphatic rings. The van der Waals surface area contributed by atoms with Gasteiger partial charge in [-0.1, -0.05) is 30.3 Å². The maximum Gasteiger partial charge on any atom is 0.328 e. The molecule has 1 amide bonds. The molecule has 1 aromatic heterocycles. The molecular formula is C17H19N3O5. The highest BCUT2D eigenvalue weighted by Gasteiger charge is 2.27. The Balaban J connectivity index is 2.21. The zero-order chi connectivity index (χ0) is 18.4. The van der Waals surface area contributed by atoms with Crippen LogP contribution in [0.1, 0.15) is 18.5 Å². The van der Waals surface area contributed by atoms with Gasteiger partial charge in [0.05, 0.1) is 19.1 Å². The second kappa shape index (κ2) is 8.09. The fraction of sp³-hybridized carbons (Fsp3) is 0.294. The normalized spacial score (nSPS) is 12.9. The van der Waals surface area contributed by atoms with Crippen LogP contribution >= 0.6 is 0 Å². The molecule has 0 saturated heterocycles. The molecule has 2 N–H and O–H groups in total. The number of ether oxygens (including phenoxy) is 1. The summed E-state index contributed by atoms with van der Waals surface area (Å²) in [5.41, 5.74) is -0.481. The van der Waals surface area contributed by atoms with Gasteiger partial charge in [0, 0.05) is 12.3 Å². The number of aromatic amines is 1. The van der Waals surface area contributed by atoms with E-state index < -0.39 is 35.1 Å². The van der Waals surface area contributed by atoms with E-state index in [4.69, 9.17) is 4.74 Å². The van der Waals surface area contributed by atoms with E-state index in [0.717, 1.165) is 16.2 Å². The molecule has 2 atom stereocenters. The average molecular weight is 345 g/mol. The van der Waals surface area contributed by atoms with Crippen molar-refractivity contribution in [1.29, 1.82) is 0 Å². The van der Waals surface area contributed by atoms with Crippen LogP contribution in [0, 0.1) is 5.92 Å². The summed E-state index contributed by atoms with van der Waals surface area (Å²) < 4.78 is 5.83. The number of H-pyrrole nitrogens is 1. The van der Waals surface area contributed by atoms with E-state index in [9.17, 15) is 19.2 Å². The van der Waals surface area contributed by atoms with Crippen LogP contribution in [0.25, 0.3) is 0 Å². The summed E-state index contributed by atoms with van der Waals surface area (Å²) in [6.45, 7) is 1.36. The Labute approximate surface area is 143 Å². The lowest BCUT2D eigenvalue weighted by Gasteiger charge is -2.24. The fourth-order valence-electron chi connectivity index (χ4n) is 2.42. The van der Waals surface area contributed by atoms with Gasteiger partial charge in [0.1, 0.15) is 6.54 Å². The Bertz CT molecular complexity index is 856. The largest absolute Gasteiger partial charge is 0.469 e. The lowest BCUT2D eigenvalue weighted by molar-refractivity contribution is -0.146. The second-order valence-corrected chi connectivity index (χ2v) is 5.51. The van der Waals surface area contributed by atoms with Crippen LogP contribution in [0.4, 0.5) is 0 Å². The molecule has 0 radical (unpaired) electrons. The summed E-state index contributed by atoms with van der Waals surface area (Å²) in [6.07, 6.45) is 1.24. The number of amides is 1. The van der Waals surface area contributed by atoms with Gasteiger partial charge in [0.25, 0.3) is 5.56 Å². The second-order valence-electron chi connectivity index (χ2n) is 5.51. The standard InChI is InChI=1S/C17H19N3O5/c1-11(16(23)25-2)15(12-6-4-3-5-7-12)18-14(22)10-20-9-8-13(21)19-17(20)24/h3-9,11,15H,10H2,1-2H3,(H,18,22)(H,19,21,24)/t11-,15-/m1/s1. The van der Waals surface area contributed by atoms with E-state index in [1.807, 2.05) is 6.07 Å². The number of aromatic nitrogens is 2. The minimum atomic E-state index is -0.681. The number of esters is 1. The highest BCUT2D eigenvalue weighted by molar-refractivity contribution is 5.78. The van der Waals surface area contributed by atoms with E-state index in [1.165, 1.54) is 13.3 Å². The van der Waals surface area contributed by atoms with Crippen molar-refractivity contribution in [3.63, 3.8) is 0 Å². The number of nitrogens with one attached hydrogen (secondary N) is 2. The fourth-order valence-corrected chi connectivity index (χ4v) is 2.42. The molecule has 2 aromatic rings. The third-order valence-electron chi connectivity index (χ3n) is 3.76. The number of rotatable bonds is 6. The van der Waals surface area contributed by atoms with Gasteiger partial charge in [-0.3, -0.25) is 23.9 Å². The minimum absolute atomic E-state index is 0.285. The molecule has 0 fully saturated rings. The number of carbonyl (C=O) groups excluding carboxylic acids is 2. The first-order valence-electron chi connectivity index (χ1n) is 7.64. The molecule has 8 heteroatoms. The summed E-state index contributed by atoms with van der Waals surface area (Å²) in [5.74, 6) is -1.56. The number of hydrogen-bond donors (Lipinski definition) is 2. The summed E-state index contributed by atoms with van der Waals surface area (Å²) in [7, 11) is 1.28. The first-order chi connectivity index (χ1) is 11.9. The molecule has 1 aromatic carbocycles. The van der Waals surface area contributed by atoms with Crippen LogP contribution in [0.2, 0.25) is 0 Å². The maximum absolute atomic E-state index is 12.3. The summed E-state index contributed by atoms with van der Waals surface area (Å²) in [5, 5.41) is 2.75. The van der Waals surface area contributed by atoms with Crippen molar-refractivity contribution in [3.05, 3.63) is 69.0 Å². The molecule has 2 rings (SSSR count). The van der Waals surface area contributed by atoms with E-state index in [0.29, 0.717) is 0 Å². The Kier molecular flexibility index (Phi) is 5.89. The van der Waals surface area contributed by atoms with Gasteiger partial charge in [-0.15, -0.1) is 0 Å². The van der Waals surface area contributed by atoms with Gasteiger partial charge in [-0.05, 0) is 12.5 Å². The van der Waals surface area contributed by atoms with Crippen LogP contribution < -0.4 is 16.6 Å². The van der Waals surface area contributed by atoms with Gasteiger partial charge in [-0.2, -0.15) is 0 Å². The zero-order valence-electron chi connectivity index (χ0n) is 13.9. The third kappa shape index (κ3) is 4.66. The minimum Gasteiger partial charge on any atom is -0.469 e. The first kappa shape index (κ1) is 18.2. The van der Waals surface area contributed by atoms with Crippen molar-refractivity contribution in [2.75, 3.05) is 7.11 Å². The quantitative estimate of drug-likeness (QED) is 0.727. The molecular weight excluding hydrogens is 326 g/mol. The van der Waals surface area contributed by atoms with Crippen LogP contribution in [-0.4, -0.2) is 28.5 Å². The number of hydrogen-bond acceptors (Lipinski definition) is 5. The highest BCUT2D eigenvalue weighted by Crippen LogP contribution is 2.22. The average Bonchev–Trinajstić information content (AvgIpc) is 2.61. The van der Waals surface area contributed by atoms with Crippen molar-refractivity contribution < 1.29 is 14.3 Å². The Morgan fingerprint density at radius 2 is 1.88 bits per heavy atom. The summed E-state index contributed by atoms with van der Waals surface area (Å²) in [6, 6.07) is 9.54. The number of benzene rings is 1. The van der Waals surface area contributed by atoms with Gasteiger partial charge < -0.3 is 10.1 Å². The van der Waals surface area contributed by atoms with E-state index in [2.05, 4.69) is 10.3 Å². The predicted molar refractivity (Wildman–Crippen MR) is 89.8 cm³/mol. The van der Waals surface area contributed by atoms with E-state index >= 15 is 0 Å². The van der Waals surface area contributed by atoms with Crippen LogP contribution in [0.5, 0.6) is 0 Å². The van der Waals surface area contributed by atoms with E-state index in [-0.39, 0.29) is 6.54 Å². The smallest absolute Gasteiger partial charge is 0.328 e. The summed E-state index contributed by atoms with van der Waals surface area (Å²) >= 11 is 0. The number of carbonyl (C=O) groups is 2. The molecule has 0 aliphatic carbocycles. The zero-order valence-corrected chi connectivity index (χ0v) is 13.9. The van der Waals surface area contributed by atoms with Crippen molar-refractivity contribution in [2.45, 2.75) is 19.5 Å². The molecule has 0 unspecified atom stereocenters. The molecule has 0 aliphatic heterocycles. The van der Waals surface area contributed by atoms with E-state index in [1.54, 1.807) is 31.2 Å². The Morgan fingerprint density at radius 3 is 2.48 bits per heavy atom. The summed E-state index contributed by atoms with van der Waals surface area (Å²) in [4.78, 5) is 49.0. The Hall–Kier alpha value is -3.16. The van der Waals surface area contributed by atoms with Crippen molar-refractivity contribution >= 4 is 11.9 Å². The molecule has 132 valence electrons. The number of nitrogens with zero attached hydrogens (tertiary/aromatic N) is 1. The highest BCUT2D eigenvalue weighted by atomic mass is 16.5. The number of methoxy groups -OCH3 is 1. The first-order valence-corrected chi connectivity index (χ1v) is 7.64. The molecule has 0 spiro atoms. The van der Waals surface area contributed by atoms with Gasteiger partial charge in [0.2, 0.25) is 5.91 Å². The third-order valence-corrected chi connectivity index (χ3v) is 3.76. The van der Waals surface area contributed by atoms with Crippen molar-refractivity contribution in [2.24, 2.45) is 5.92 Å². The van der Waals surface area contributed by atoms with Crippen molar-refractivity contribution in [3.8, 4) is 0 Å². The Morgan fingerprint density at radius 1 is 1.20 bits per heavy atom. The maximum atomic E-state index is 12.3. The molecule has 1 heterocycles. The SMILES string of the molecule is COC(=O)[C@H](C)[C@@H](NC(=O)Cn1ccc(=O)[nH]c1=O)c1ccccc1. The van der Waals surface area contributed by atoms with Crippen LogP contribution in [-0.2, 0) is 20.9 Å². The van der Waals surface area contributed by atoms with Crippen molar-refractivity contribution in [1.82, 2.24) is 14.9 Å². The van der Waals surface area contributed by atoms with Gasteiger partial charge in [0.15, 0.2) is 0 Å².